The van der Waals surface area contributed by atoms with Crippen molar-refractivity contribution in [1.82, 2.24) is 9.29 Å². The quantitative estimate of drug-likeness (QED) is 0.899. The van der Waals surface area contributed by atoms with E-state index in [-0.39, 0.29) is 29.8 Å². The van der Waals surface area contributed by atoms with Crippen LogP contribution in [0.4, 0.5) is 4.39 Å². The lowest BCUT2D eigenvalue weighted by Gasteiger charge is -2.18. The number of aliphatic hydroxyl groups is 1. The molecule has 24 heavy (non-hydrogen) atoms. The minimum Gasteiger partial charge on any atom is -0.393 e. The maximum Gasteiger partial charge on any atom is 0.243 e. The van der Waals surface area contributed by atoms with Crippen LogP contribution < -0.4 is 0 Å². The zero-order valence-electron chi connectivity index (χ0n) is 13.9. The Morgan fingerprint density at radius 3 is 2.71 bits per heavy atom. The zero-order chi connectivity index (χ0) is 17.8. The van der Waals surface area contributed by atoms with Gasteiger partial charge in [-0.3, -0.25) is 0 Å². The minimum atomic E-state index is -3.78. The number of alkyl halides is 1. The summed E-state index contributed by atoms with van der Waals surface area (Å²) in [6.45, 7) is 5.28. The van der Waals surface area contributed by atoms with Gasteiger partial charge in [-0.2, -0.15) is 4.31 Å². The average molecular weight is 372 g/mol. The predicted octanol–water partition coefficient (Wildman–Crippen LogP) is 2.69. The largest absolute Gasteiger partial charge is 0.393 e. The molecule has 1 aromatic carbocycles. The van der Waals surface area contributed by atoms with Gasteiger partial charge in [-0.1, -0.05) is 20.8 Å². The van der Waals surface area contributed by atoms with Gasteiger partial charge in [0.15, 0.2) is 0 Å². The number of hydrogen-bond acceptors (Lipinski definition) is 5. The molecule has 0 amide bonds. The summed E-state index contributed by atoms with van der Waals surface area (Å²) in [4.78, 5) is 4.70. The van der Waals surface area contributed by atoms with Crippen LogP contribution in [0.2, 0.25) is 0 Å². The molecule has 1 saturated heterocycles. The summed E-state index contributed by atoms with van der Waals surface area (Å²) in [5, 5.41) is 10.0. The Balaban J connectivity index is 1.97. The van der Waals surface area contributed by atoms with Crippen molar-refractivity contribution in [1.29, 1.82) is 0 Å². The molecule has 1 atom stereocenters. The summed E-state index contributed by atoms with van der Waals surface area (Å²) in [7, 11) is -3.78. The number of nitrogens with zero attached hydrogens (tertiary/aromatic N) is 2. The third-order valence-electron chi connectivity index (χ3n) is 4.19. The molecular weight excluding hydrogens is 351 g/mol. The first kappa shape index (κ1) is 17.7. The molecule has 2 heterocycles. The van der Waals surface area contributed by atoms with Gasteiger partial charge in [0.2, 0.25) is 10.0 Å². The van der Waals surface area contributed by atoms with E-state index in [1.54, 1.807) is 12.1 Å². The highest BCUT2D eigenvalue weighted by atomic mass is 32.2. The fourth-order valence-corrected chi connectivity index (χ4v) is 5.34. The van der Waals surface area contributed by atoms with E-state index in [0.29, 0.717) is 0 Å². The molecule has 1 unspecified atom stereocenters. The number of hydrogen-bond donors (Lipinski definition) is 1. The van der Waals surface area contributed by atoms with Crippen LogP contribution in [0, 0.1) is 0 Å². The highest BCUT2D eigenvalue weighted by Gasteiger charge is 2.43. The summed E-state index contributed by atoms with van der Waals surface area (Å²) in [6, 6.07) is 4.81. The Hall–Kier alpha value is -1.09. The van der Waals surface area contributed by atoms with E-state index >= 15 is 0 Å². The summed E-state index contributed by atoms with van der Waals surface area (Å²) >= 11 is 1.47. The van der Waals surface area contributed by atoms with E-state index < -0.39 is 22.3 Å². The maximum absolute atomic E-state index is 14.2. The second-order valence-corrected chi connectivity index (χ2v) is 10.3. The van der Waals surface area contributed by atoms with Gasteiger partial charge in [-0.25, -0.2) is 17.8 Å². The Bertz CT molecular complexity index is 873. The smallest absolute Gasteiger partial charge is 0.243 e. The van der Waals surface area contributed by atoms with Crippen LogP contribution in [0.25, 0.3) is 10.2 Å². The van der Waals surface area contributed by atoms with Crippen molar-refractivity contribution >= 4 is 31.6 Å². The van der Waals surface area contributed by atoms with Gasteiger partial charge in [0.1, 0.15) is 5.67 Å². The van der Waals surface area contributed by atoms with Crippen LogP contribution in [-0.2, 0) is 15.4 Å². The maximum atomic E-state index is 14.2. The molecule has 3 rings (SSSR count). The van der Waals surface area contributed by atoms with Crippen molar-refractivity contribution in [2.24, 2.45) is 0 Å². The monoisotopic (exact) mass is 372 g/mol. The van der Waals surface area contributed by atoms with Crippen LogP contribution in [0.15, 0.2) is 23.1 Å². The molecule has 0 saturated carbocycles. The van der Waals surface area contributed by atoms with Crippen LogP contribution in [-0.4, -0.2) is 48.2 Å². The van der Waals surface area contributed by atoms with Crippen molar-refractivity contribution in [3.8, 4) is 0 Å². The molecule has 2 aromatic rings. The topological polar surface area (TPSA) is 70.5 Å². The lowest BCUT2D eigenvalue weighted by molar-refractivity contribution is 0.0844. The number of aliphatic hydroxyl groups excluding tert-OH is 1. The van der Waals surface area contributed by atoms with Crippen LogP contribution in [0.1, 0.15) is 32.2 Å². The third kappa shape index (κ3) is 3.08. The summed E-state index contributed by atoms with van der Waals surface area (Å²) in [6.07, 6.45) is 0.0136. The summed E-state index contributed by atoms with van der Waals surface area (Å²) in [5.74, 6) is 0. The molecular formula is C16H21FN2O3S2. The van der Waals surface area contributed by atoms with E-state index in [1.165, 1.54) is 17.4 Å². The van der Waals surface area contributed by atoms with E-state index in [4.69, 9.17) is 5.11 Å². The van der Waals surface area contributed by atoms with Crippen molar-refractivity contribution in [2.45, 2.75) is 43.2 Å². The van der Waals surface area contributed by atoms with Gasteiger partial charge in [0, 0.05) is 12.0 Å². The first-order valence-corrected chi connectivity index (χ1v) is 10.0. The molecule has 1 aliphatic heterocycles. The Labute approximate surface area is 145 Å². The fraction of sp³-hybridized carbons (Fsp3) is 0.562. The lowest BCUT2D eigenvalue weighted by Crippen LogP contribution is -2.35. The van der Waals surface area contributed by atoms with Crippen LogP contribution >= 0.6 is 11.3 Å². The molecule has 0 bridgehead atoms. The zero-order valence-corrected chi connectivity index (χ0v) is 15.5. The summed E-state index contributed by atoms with van der Waals surface area (Å²) < 4.78 is 41.6. The number of thiazole rings is 1. The Morgan fingerprint density at radius 2 is 2.12 bits per heavy atom. The molecule has 0 spiro atoms. The highest BCUT2D eigenvalue weighted by Crippen LogP contribution is 2.34. The molecule has 132 valence electrons. The van der Waals surface area contributed by atoms with Crippen molar-refractivity contribution in [2.75, 3.05) is 19.7 Å². The minimum absolute atomic E-state index is 0.0136. The first-order valence-electron chi connectivity index (χ1n) is 7.76. The van der Waals surface area contributed by atoms with Crippen LogP contribution in [0.3, 0.4) is 0 Å². The fourth-order valence-electron chi connectivity index (χ4n) is 2.67. The van der Waals surface area contributed by atoms with Crippen molar-refractivity contribution in [3.05, 3.63) is 23.2 Å². The van der Waals surface area contributed by atoms with Gasteiger partial charge >= 0.3 is 0 Å². The number of benzene rings is 1. The van der Waals surface area contributed by atoms with Gasteiger partial charge in [0.25, 0.3) is 0 Å². The SMILES string of the molecule is CC(C)(C)c1nc2ccc(S(=O)(=O)N3CCC(F)(CO)C3)cc2s1. The average Bonchev–Trinajstić information content (AvgIpc) is 3.10. The lowest BCUT2D eigenvalue weighted by atomic mass is 9.98. The van der Waals surface area contributed by atoms with Crippen molar-refractivity contribution < 1.29 is 17.9 Å². The van der Waals surface area contributed by atoms with E-state index in [0.717, 1.165) is 19.5 Å². The van der Waals surface area contributed by atoms with Crippen LogP contribution in [0.5, 0.6) is 0 Å². The first-order chi connectivity index (χ1) is 11.0. The Morgan fingerprint density at radius 1 is 1.42 bits per heavy atom. The van der Waals surface area contributed by atoms with Gasteiger partial charge in [0.05, 0.1) is 33.3 Å². The predicted molar refractivity (Wildman–Crippen MR) is 92.6 cm³/mol. The molecule has 1 aromatic heterocycles. The van der Waals surface area contributed by atoms with Gasteiger partial charge < -0.3 is 5.11 Å². The number of sulfonamides is 1. The normalized spacial score (nSPS) is 23.2. The van der Waals surface area contributed by atoms with Gasteiger partial charge in [-0.05, 0) is 24.6 Å². The van der Waals surface area contributed by atoms with E-state index in [1.807, 2.05) is 0 Å². The molecule has 5 nitrogen and oxygen atoms in total. The Kier molecular flexibility index (Phi) is 4.23. The van der Waals surface area contributed by atoms with E-state index in [2.05, 4.69) is 25.8 Å². The molecule has 1 N–H and O–H groups in total. The number of halogens is 1. The van der Waals surface area contributed by atoms with E-state index in [9.17, 15) is 12.8 Å². The molecule has 1 aliphatic rings. The number of rotatable bonds is 3. The standard InChI is InChI=1S/C16H21FN2O3S2/c1-15(2,3)14-18-12-5-4-11(8-13(12)23-14)24(21,22)19-7-6-16(17,9-19)10-20/h4-5,8,20H,6-7,9-10H2,1-3H3. The molecule has 0 radical (unpaired) electrons. The molecule has 1 fully saturated rings. The van der Waals surface area contributed by atoms with Crippen molar-refractivity contribution in [3.63, 3.8) is 0 Å². The second kappa shape index (κ2) is 5.72. The number of aromatic nitrogens is 1. The molecule has 8 heteroatoms. The van der Waals surface area contributed by atoms with Gasteiger partial charge in [-0.15, -0.1) is 11.3 Å². The molecule has 0 aliphatic carbocycles. The third-order valence-corrected chi connectivity index (χ3v) is 7.48. The second-order valence-electron chi connectivity index (χ2n) is 7.30. The number of fused-ring (bicyclic) bond motifs is 1. The summed E-state index contributed by atoms with van der Waals surface area (Å²) in [5.41, 5.74) is -1.19. The highest BCUT2D eigenvalue weighted by molar-refractivity contribution is 7.89.